The first-order valence-corrected chi connectivity index (χ1v) is 4.56. The van der Waals surface area contributed by atoms with E-state index in [0.717, 1.165) is 13.1 Å². The largest absolute Gasteiger partial charge is 0.455 e. The quantitative estimate of drug-likeness (QED) is 0.577. The number of halogens is 5. The van der Waals surface area contributed by atoms with Crippen molar-refractivity contribution in [3.05, 3.63) is 0 Å². The third-order valence-electron chi connectivity index (χ3n) is 2.23. The number of hydrogen-bond donors (Lipinski definition) is 1. The molecule has 0 aromatic carbocycles. The van der Waals surface area contributed by atoms with E-state index in [9.17, 15) is 22.0 Å². The highest BCUT2D eigenvalue weighted by atomic mass is 19.4. The monoisotopic (exact) mass is 233 g/mol. The molecule has 1 saturated heterocycles. The van der Waals surface area contributed by atoms with Crippen LogP contribution in [0, 0.1) is 5.92 Å². The molecule has 1 heterocycles. The Kier molecular flexibility index (Phi) is 3.88. The van der Waals surface area contributed by atoms with E-state index in [1.807, 2.05) is 0 Å². The lowest BCUT2D eigenvalue weighted by Gasteiger charge is -2.27. The highest BCUT2D eigenvalue weighted by molar-refractivity contribution is 4.76. The maximum Gasteiger partial charge on any atom is 0.455 e. The Hall–Kier alpha value is -0.430. The number of hydrogen-bond acceptors (Lipinski definition) is 2. The normalized spacial score (nSPS) is 19.0. The minimum Gasteiger partial charge on any atom is -0.375 e. The van der Waals surface area contributed by atoms with Gasteiger partial charge in [-0.2, -0.15) is 22.0 Å². The van der Waals surface area contributed by atoms with Gasteiger partial charge in [0.25, 0.3) is 0 Å². The molecular formula is C8H12F5NO. The molecule has 0 saturated carbocycles. The predicted octanol–water partition coefficient (Wildman–Crippen LogP) is 1.81. The first-order chi connectivity index (χ1) is 6.83. The molecule has 1 aliphatic rings. The lowest BCUT2D eigenvalue weighted by atomic mass is 10.0. The fourth-order valence-electron chi connectivity index (χ4n) is 1.08. The zero-order valence-electron chi connectivity index (χ0n) is 7.91. The summed E-state index contributed by atoms with van der Waals surface area (Å²) in [4.78, 5) is 0. The molecule has 1 aliphatic heterocycles. The minimum atomic E-state index is -5.52. The molecule has 1 fully saturated rings. The van der Waals surface area contributed by atoms with Gasteiger partial charge in [-0.05, 0) is 25.4 Å². The SMILES string of the molecule is FC(F)(F)C(F)(F)COCCC1CNC1. The Morgan fingerprint density at radius 2 is 1.73 bits per heavy atom. The van der Waals surface area contributed by atoms with E-state index in [1.54, 1.807) is 0 Å². The summed E-state index contributed by atoms with van der Waals surface area (Å²) >= 11 is 0. The van der Waals surface area contributed by atoms with Crippen molar-refractivity contribution in [2.24, 2.45) is 5.92 Å². The van der Waals surface area contributed by atoms with Crippen molar-refractivity contribution in [2.75, 3.05) is 26.3 Å². The van der Waals surface area contributed by atoms with Crippen LogP contribution in [0.3, 0.4) is 0 Å². The first-order valence-electron chi connectivity index (χ1n) is 4.56. The Morgan fingerprint density at radius 1 is 1.13 bits per heavy atom. The lowest BCUT2D eigenvalue weighted by Crippen LogP contribution is -2.43. The summed E-state index contributed by atoms with van der Waals surface area (Å²) in [6, 6.07) is 0. The van der Waals surface area contributed by atoms with Crippen LogP contribution in [0.4, 0.5) is 22.0 Å². The summed E-state index contributed by atoms with van der Waals surface area (Å²) in [7, 11) is 0. The van der Waals surface area contributed by atoms with Crippen LogP contribution in [-0.2, 0) is 4.74 Å². The maximum absolute atomic E-state index is 12.3. The van der Waals surface area contributed by atoms with Crippen molar-refractivity contribution in [1.82, 2.24) is 5.32 Å². The Bertz CT molecular complexity index is 202. The van der Waals surface area contributed by atoms with Crippen molar-refractivity contribution in [3.8, 4) is 0 Å². The van der Waals surface area contributed by atoms with Gasteiger partial charge in [0.05, 0.1) is 0 Å². The van der Waals surface area contributed by atoms with Gasteiger partial charge in [-0.1, -0.05) is 0 Å². The molecule has 90 valence electrons. The second kappa shape index (κ2) is 4.61. The third-order valence-corrected chi connectivity index (χ3v) is 2.23. The Balaban J connectivity index is 2.12. The van der Waals surface area contributed by atoms with Crippen LogP contribution < -0.4 is 5.32 Å². The first kappa shape index (κ1) is 12.6. The second-order valence-corrected chi connectivity index (χ2v) is 3.57. The zero-order chi connectivity index (χ0) is 11.5. The van der Waals surface area contributed by atoms with Crippen LogP contribution in [0.2, 0.25) is 0 Å². The van der Waals surface area contributed by atoms with Gasteiger partial charge in [0, 0.05) is 6.61 Å². The summed E-state index contributed by atoms with van der Waals surface area (Å²) in [5.74, 6) is -4.41. The maximum atomic E-state index is 12.3. The predicted molar refractivity (Wildman–Crippen MR) is 42.8 cm³/mol. The van der Waals surface area contributed by atoms with Crippen LogP contribution in [-0.4, -0.2) is 38.4 Å². The van der Waals surface area contributed by atoms with E-state index < -0.39 is 18.7 Å². The Labute approximate surface area is 83.8 Å². The van der Waals surface area contributed by atoms with Crippen molar-refractivity contribution >= 4 is 0 Å². The van der Waals surface area contributed by atoms with Crippen LogP contribution >= 0.6 is 0 Å². The van der Waals surface area contributed by atoms with Gasteiger partial charge in [0.1, 0.15) is 6.61 Å². The molecule has 0 aromatic rings. The zero-order valence-corrected chi connectivity index (χ0v) is 7.91. The van der Waals surface area contributed by atoms with E-state index in [2.05, 4.69) is 10.1 Å². The van der Waals surface area contributed by atoms with Gasteiger partial charge >= 0.3 is 12.1 Å². The Morgan fingerprint density at radius 3 is 2.13 bits per heavy atom. The van der Waals surface area contributed by atoms with Gasteiger partial charge in [-0.15, -0.1) is 0 Å². The fraction of sp³-hybridized carbons (Fsp3) is 1.00. The highest BCUT2D eigenvalue weighted by Crippen LogP contribution is 2.35. The van der Waals surface area contributed by atoms with Crippen LogP contribution in [0.5, 0.6) is 0 Å². The minimum absolute atomic E-state index is 0.0575. The average molecular weight is 233 g/mol. The number of nitrogens with one attached hydrogen (secondary N) is 1. The number of ether oxygens (including phenoxy) is 1. The molecule has 1 N–H and O–H groups in total. The van der Waals surface area contributed by atoms with E-state index >= 15 is 0 Å². The van der Waals surface area contributed by atoms with E-state index in [-0.39, 0.29) is 6.61 Å². The second-order valence-electron chi connectivity index (χ2n) is 3.57. The van der Waals surface area contributed by atoms with Crippen molar-refractivity contribution in [3.63, 3.8) is 0 Å². The fourth-order valence-corrected chi connectivity index (χ4v) is 1.08. The standard InChI is InChI=1S/C8H12F5NO/c9-7(10,8(11,12)13)5-15-2-1-6-3-14-4-6/h6,14H,1-5H2. The smallest absolute Gasteiger partial charge is 0.375 e. The van der Waals surface area contributed by atoms with Crippen molar-refractivity contribution in [1.29, 1.82) is 0 Å². The molecule has 0 bridgehead atoms. The molecule has 1 rings (SSSR count). The van der Waals surface area contributed by atoms with Crippen LogP contribution in [0.15, 0.2) is 0 Å². The topological polar surface area (TPSA) is 21.3 Å². The molecular weight excluding hydrogens is 221 g/mol. The molecule has 15 heavy (non-hydrogen) atoms. The molecule has 7 heteroatoms. The van der Waals surface area contributed by atoms with E-state index in [0.29, 0.717) is 12.3 Å². The summed E-state index contributed by atoms with van der Waals surface area (Å²) < 4.78 is 63.9. The van der Waals surface area contributed by atoms with Gasteiger partial charge in [0.15, 0.2) is 0 Å². The summed E-state index contributed by atoms with van der Waals surface area (Å²) in [5.41, 5.74) is 0. The highest BCUT2D eigenvalue weighted by Gasteiger charge is 2.57. The molecule has 0 radical (unpaired) electrons. The molecule has 0 aromatic heterocycles. The van der Waals surface area contributed by atoms with Crippen molar-refractivity contribution < 1.29 is 26.7 Å². The van der Waals surface area contributed by atoms with Crippen LogP contribution in [0.25, 0.3) is 0 Å². The summed E-state index contributed by atoms with van der Waals surface area (Å²) in [6.07, 6.45) is -5.01. The van der Waals surface area contributed by atoms with Gasteiger partial charge < -0.3 is 10.1 Å². The molecule has 0 amide bonds. The third kappa shape index (κ3) is 3.57. The molecule has 0 unspecified atom stereocenters. The molecule has 0 spiro atoms. The van der Waals surface area contributed by atoms with Gasteiger partial charge in [0.2, 0.25) is 0 Å². The summed E-state index contributed by atoms with van der Waals surface area (Å²) in [5, 5.41) is 2.96. The van der Waals surface area contributed by atoms with Crippen molar-refractivity contribution in [2.45, 2.75) is 18.5 Å². The molecule has 2 nitrogen and oxygen atoms in total. The average Bonchev–Trinajstić information content (AvgIpc) is 1.98. The van der Waals surface area contributed by atoms with Crippen LogP contribution in [0.1, 0.15) is 6.42 Å². The molecule has 0 aliphatic carbocycles. The summed E-state index contributed by atoms with van der Waals surface area (Å²) in [6.45, 7) is -0.0906. The van der Waals surface area contributed by atoms with E-state index in [4.69, 9.17) is 0 Å². The lowest BCUT2D eigenvalue weighted by molar-refractivity contribution is -0.296. The molecule has 0 atom stereocenters. The van der Waals surface area contributed by atoms with Gasteiger partial charge in [-0.25, -0.2) is 0 Å². The number of alkyl halides is 5. The van der Waals surface area contributed by atoms with Gasteiger partial charge in [-0.3, -0.25) is 0 Å². The van der Waals surface area contributed by atoms with E-state index in [1.165, 1.54) is 0 Å². The number of rotatable bonds is 5.